The second-order valence-corrected chi connectivity index (χ2v) is 15.6. The standard InChI is InChI=1S/C50H87NO5/c1-4-7-10-13-16-19-21-22-23-24-25-26-28-31-34-37-40-43-50(55)56-46(41-38-35-32-29-18-15-12-9-6-3)44-49(54)51-47(45-52)48(53)42-39-36-33-30-27-20-17-14-11-8-5-2/h7,10,13,16,19,21-26,28,46-48,52-53H,4-6,8-9,11-12,14-15,17-18,20,27,29-45H2,1-3H3,(H,51,54)/b10-7-,16-13+,21-19+,23-22-,25-24+,28-26+. The fourth-order valence-electron chi connectivity index (χ4n) is 6.70. The Morgan fingerprint density at radius 2 is 0.964 bits per heavy atom. The second-order valence-electron chi connectivity index (χ2n) is 15.6. The van der Waals surface area contributed by atoms with Gasteiger partial charge in [0.2, 0.25) is 5.91 Å². The Labute approximate surface area is 345 Å². The van der Waals surface area contributed by atoms with Crippen LogP contribution in [0, 0.1) is 0 Å². The number of hydrogen-bond acceptors (Lipinski definition) is 5. The number of carbonyl (C=O) groups is 2. The van der Waals surface area contributed by atoms with Gasteiger partial charge < -0.3 is 20.3 Å². The molecule has 0 heterocycles. The van der Waals surface area contributed by atoms with E-state index < -0.39 is 18.2 Å². The zero-order valence-corrected chi connectivity index (χ0v) is 36.5. The van der Waals surface area contributed by atoms with E-state index in [1.807, 2.05) is 54.7 Å². The van der Waals surface area contributed by atoms with Gasteiger partial charge in [-0.1, -0.05) is 222 Å². The Bertz CT molecular complexity index is 1060. The molecular formula is C50H87NO5. The summed E-state index contributed by atoms with van der Waals surface area (Å²) in [6, 6.07) is -0.710. The molecule has 0 fully saturated rings. The van der Waals surface area contributed by atoms with Gasteiger partial charge >= 0.3 is 5.97 Å². The molecule has 3 atom stereocenters. The van der Waals surface area contributed by atoms with Crippen molar-refractivity contribution in [2.45, 2.75) is 225 Å². The lowest BCUT2D eigenvalue weighted by Gasteiger charge is -2.24. The van der Waals surface area contributed by atoms with Crippen molar-refractivity contribution in [3.8, 4) is 0 Å². The maximum Gasteiger partial charge on any atom is 0.306 e. The summed E-state index contributed by atoms with van der Waals surface area (Å²) in [4.78, 5) is 26.0. The zero-order valence-electron chi connectivity index (χ0n) is 36.5. The summed E-state index contributed by atoms with van der Waals surface area (Å²) >= 11 is 0. The van der Waals surface area contributed by atoms with E-state index in [2.05, 4.69) is 44.3 Å². The highest BCUT2D eigenvalue weighted by atomic mass is 16.5. The first-order chi connectivity index (χ1) is 27.5. The fourth-order valence-corrected chi connectivity index (χ4v) is 6.70. The molecule has 0 bridgehead atoms. The number of hydrogen-bond donors (Lipinski definition) is 3. The number of ether oxygens (including phenoxy) is 1. The van der Waals surface area contributed by atoms with Gasteiger partial charge in [-0.05, 0) is 44.9 Å². The molecule has 0 aromatic carbocycles. The number of nitrogens with one attached hydrogen (secondary N) is 1. The minimum absolute atomic E-state index is 0.0574. The maximum atomic E-state index is 13.1. The van der Waals surface area contributed by atoms with E-state index in [0.29, 0.717) is 19.3 Å². The molecule has 3 N–H and O–H groups in total. The third-order valence-electron chi connectivity index (χ3n) is 10.2. The highest BCUT2D eigenvalue weighted by Gasteiger charge is 2.24. The molecule has 0 radical (unpaired) electrons. The first kappa shape index (κ1) is 53.3. The predicted molar refractivity (Wildman–Crippen MR) is 241 cm³/mol. The number of allylic oxidation sites excluding steroid dienone is 12. The normalized spacial score (nSPS) is 14.0. The molecule has 0 aromatic rings. The molecule has 1 amide bonds. The van der Waals surface area contributed by atoms with Crippen LogP contribution in [0.25, 0.3) is 0 Å². The minimum atomic E-state index is -0.795. The van der Waals surface area contributed by atoms with Crippen LogP contribution in [0.1, 0.15) is 207 Å². The summed E-state index contributed by atoms with van der Waals surface area (Å²) < 4.78 is 5.88. The average Bonchev–Trinajstić information content (AvgIpc) is 3.19. The van der Waals surface area contributed by atoms with Crippen LogP contribution in [0.3, 0.4) is 0 Å². The van der Waals surface area contributed by atoms with Crippen molar-refractivity contribution in [3.05, 3.63) is 72.9 Å². The van der Waals surface area contributed by atoms with Crippen LogP contribution < -0.4 is 5.32 Å². The molecule has 0 aliphatic carbocycles. The number of aliphatic hydroxyl groups is 2. The van der Waals surface area contributed by atoms with Crippen molar-refractivity contribution in [3.63, 3.8) is 0 Å². The van der Waals surface area contributed by atoms with Crippen molar-refractivity contribution in [2.75, 3.05) is 6.61 Å². The van der Waals surface area contributed by atoms with Crippen molar-refractivity contribution >= 4 is 11.9 Å². The Hall–Kier alpha value is -2.70. The quantitative estimate of drug-likeness (QED) is 0.0327. The largest absolute Gasteiger partial charge is 0.462 e. The van der Waals surface area contributed by atoms with E-state index in [0.717, 1.165) is 70.6 Å². The van der Waals surface area contributed by atoms with E-state index >= 15 is 0 Å². The summed E-state index contributed by atoms with van der Waals surface area (Å²) in [7, 11) is 0. The zero-order chi connectivity index (χ0) is 41.0. The summed E-state index contributed by atoms with van der Waals surface area (Å²) in [5, 5.41) is 23.6. The topological polar surface area (TPSA) is 95.9 Å². The molecule has 0 aliphatic heterocycles. The van der Waals surface area contributed by atoms with Crippen LogP contribution in [-0.2, 0) is 14.3 Å². The third-order valence-corrected chi connectivity index (χ3v) is 10.2. The van der Waals surface area contributed by atoms with E-state index in [-0.39, 0.29) is 24.9 Å². The first-order valence-electron chi connectivity index (χ1n) is 23.2. The highest BCUT2D eigenvalue weighted by molar-refractivity contribution is 5.77. The fraction of sp³-hybridized carbons (Fsp3) is 0.720. The molecule has 6 nitrogen and oxygen atoms in total. The van der Waals surface area contributed by atoms with E-state index in [1.54, 1.807) is 0 Å². The monoisotopic (exact) mass is 782 g/mol. The molecule has 0 saturated carbocycles. The molecule has 0 spiro atoms. The van der Waals surface area contributed by atoms with Gasteiger partial charge in [-0.25, -0.2) is 0 Å². The number of aliphatic hydroxyl groups excluding tert-OH is 2. The number of esters is 1. The van der Waals surface area contributed by atoms with E-state index in [4.69, 9.17) is 4.74 Å². The van der Waals surface area contributed by atoms with Gasteiger partial charge in [0.15, 0.2) is 0 Å². The van der Waals surface area contributed by atoms with Crippen molar-refractivity contribution in [2.24, 2.45) is 0 Å². The van der Waals surface area contributed by atoms with Crippen LogP contribution in [0.2, 0.25) is 0 Å². The van der Waals surface area contributed by atoms with E-state index in [9.17, 15) is 19.8 Å². The Morgan fingerprint density at radius 3 is 1.45 bits per heavy atom. The Morgan fingerprint density at radius 1 is 0.536 bits per heavy atom. The van der Waals surface area contributed by atoms with Gasteiger partial charge in [0.05, 0.1) is 25.2 Å². The summed E-state index contributed by atoms with van der Waals surface area (Å²) in [5.41, 5.74) is 0. The van der Waals surface area contributed by atoms with Crippen molar-refractivity contribution in [1.29, 1.82) is 0 Å². The van der Waals surface area contributed by atoms with Crippen LogP contribution in [0.5, 0.6) is 0 Å². The third kappa shape index (κ3) is 38.2. The van der Waals surface area contributed by atoms with Gasteiger partial charge in [-0.2, -0.15) is 0 Å². The predicted octanol–water partition coefficient (Wildman–Crippen LogP) is 13.4. The van der Waals surface area contributed by atoms with Crippen molar-refractivity contribution < 1.29 is 24.5 Å². The number of rotatable bonds is 40. The number of unbranched alkanes of at least 4 members (excludes halogenated alkanes) is 21. The van der Waals surface area contributed by atoms with Gasteiger partial charge in [-0.15, -0.1) is 0 Å². The smallest absolute Gasteiger partial charge is 0.306 e. The summed E-state index contributed by atoms with van der Waals surface area (Å²) in [6.45, 7) is 6.29. The van der Waals surface area contributed by atoms with Gasteiger partial charge in [0.1, 0.15) is 6.10 Å². The van der Waals surface area contributed by atoms with Gasteiger partial charge in [0, 0.05) is 6.42 Å². The molecule has 3 unspecified atom stereocenters. The van der Waals surface area contributed by atoms with Crippen LogP contribution >= 0.6 is 0 Å². The SMILES string of the molecule is CC\C=C/C=C/C=C/C=C\C=C\C=C\CCCCCC(=O)OC(CCCCCCCCCCC)CC(=O)NC(CO)C(O)CCCCCCCCCCCCC. The number of carbonyl (C=O) groups excluding carboxylic acids is 2. The second kappa shape index (κ2) is 43.4. The molecule has 0 saturated heterocycles. The molecule has 0 aromatic heterocycles. The molecule has 56 heavy (non-hydrogen) atoms. The summed E-state index contributed by atoms with van der Waals surface area (Å²) in [5.74, 6) is -0.530. The molecule has 322 valence electrons. The molecule has 6 heteroatoms. The Kier molecular flexibility index (Phi) is 41.3. The molecule has 0 aliphatic rings. The lowest BCUT2D eigenvalue weighted by atomic mass is 10.0. The van der Waals surface area contributed by atoms with Crippen LogP contribution in [-0.4, -0.2) is 46.9 Å². The van der Waals surface area contributed by atoms with Crippen molar-refractivity contribution in [1.82, 2.24) is 5.32 Å². The maximum absolute atomic E-state index is 13.1. The lowest BCUT2D eigenvalue weighted by Crippen LogP contribution is -2.46. The Balaban J connectivity index is 4.62. The van der Waals surface area contributed by atoms with E-state index in [1.165, 1.54) is 89.9 Å². The molecular weight excluding hydrogens is 695 g/mol. The van der Waals surface area contributed by atoms with Crippen LogP contribution in [0.4, 0.5) is 0 Å². The van der Waals surface area contributed by atoms with Crippen LogP contribution in [0.15, 0.2) is 72.9 Å². The average molecular weight is 782 g/mol. The minimum Gasteiger partial charge on any atom is -0.462 e. The highest BCUT2D eigenvalue weighted by Crippen LogP contribution is 2.17. The van der Waals surface area contributed by atoms with Gasteiger partial charge in [-0.3, -0.25) is 9.59 Å². The molecule has 0 rings (SSSR count). The number of amides is 1. The first-order valence-corrected chi connectivity index (χ1v) is 23.2. The summed E-state index contributed by atoms with van der Waals surface area (Å²) in [6.07, 6.45) is 53.8. The lowest BCUT2D eigenvalue weighted by molar-refractivity contribution is -0.151. The van der Waals surface area contributed by atoms with Gasteiger partial charge in [0.25, 0.3) is 0 Å².